The largest absolute Gasteiger partial charge is 0.508 e. The average molecular weight is 501 g/mol. The molecule has 1 unspecified atom stereocenters. The number of nitrogens with zero attached hydrogens (tertiary/aromatic N) is 2. The molecule has 182 valence electrons. The van der Waals surface area contributed by atoms with Crippen molar-refractivity contribution < 1.29 is 24.5 Å². The SMILES string of the molecule is CCCOc1cccc(/C(O)=C2\C(=O)C(=O)N(c3nc4ccc(C)cc4s3)C2c2cccc(O)c2)c1. The summed E-state index contributed by atoms with van der Waals surface area (Å²) < 4.78 is 6.56. The number of hydrogen-bond acceptors (Lipinski definition) is 7. The Hall–Kier alpha value is -4.17. The molecule has 5 rings (SSSR count). The van der Waals surface area contributed by atoms with Crippen molar-refractivity contribution in [2.45, 2.75) is 26.3 Å². The number of aromatic hydroxyl groups is 1. The van der Waals surface area contributed by atoms with Gasteiger partial charge in [0.15, 0.2) is 5.13 Å². The van der Waals surface area contributed by atoms with Crippen molar-refractivity contribution in [2.24, 2.45) is 0 Å². The van der Waals surface area contributed by atoms with Gasteiger partial charge in [-0.1, -0.05) is 48.6 Å². The van der Waals surface area contributed by atoms with Gasteiger partial charge in [-0.25, -0.2) is 4.98 Å². The summed E-state index contributed by atoms with van der Waals surface area (Å²) in [6.07, 6.45) is 0.820. The third-order valence-electron chi connectivity index (χ3n) is 5.95. The Morgan fingerprint density at radius 1 is 1.08 bits per heavy atom. The number of phenols is 1. The van der Waals surface area contributed by atoms with E-state index in [4.69, 9.17) is 4.74 Å². The topological polar surface area (TPSA) is 100.0 Å². The molecule has 4 aromatic rings. The lowest BCUT2D eigenvalue weighted by atomic mass is 9.95. The first-order valence-electron chi connectivity index (χ1n) is 11.6. The zero-order valence-corrected chi connectivity index (χ0v) is 20.6. The number of carbonyl (C=O) groups is 2. The number of aliphatic hydroxyl groups excluding tert-OH is 1. The zero-order valence-electron chi connectivity index (χ0n) is 19.8. The molecular formula is C28H24N2O5S. The van der Waals surface area contributed by atoms with Crippen molar-refractivity contribution in [2.75, 3.05) is 11.5 Å². The molecule has 0 saturated carbocycles. The quantitative estimate of drug-likeness (QED) is 0.199. The molecule has 1 atom stereocenters. The molecule has 0 aliphatic carbocycles. The number of anilines is 1. The highest BCUT2D eigenvalue weighted by Gasteiger charge is 2.48. The number of aromatic nitrogens is 1. The molecule has 1 aromatic heterocycles. The second-order valence-corrected chi connectivity index (χ2v) is 9.62. The molecule has 1 aliphatic heterocycles. The molecule has 36 heavy (non-hydrogen) atoms. The number of rotatable bonds is 6. The van der Waals surface area contributed by atoms with Crippen molar-refractivity contribution in [3.8, 4) is 11.5 Å². The summed E-state index contributed by atoms with van der Waals surface area (Å²) in [7, 11) is 0. The molecule has 2 heterocycles. The van der Waals surface area contributed by atoms with Crippen LogP contribution in [0.15, 0.2) is 72.3 Å². The maximum absolute atomic E-state index is 13.4. The van der Waals surface area contributed by atoms with Crippen LogP contribution in [0.2, 0.25) is 0 Å². The minimum absolute atomic E-state index is 0.0204. The fourth-order valence-electron chi connectivity index (χ4n) is 4.27. The lowest BCUT2D eigenvalue weighted by Crippen LogP contribution is -2.29. The third kappa shape index (κ3) is 4.20. The molecule has 3 aromatic carbocycles. The molecule has 0 spiro atoms. The second kappa shape index (κ2) is 9.47. The van der Waals surface area contributed by atoms with Crippen molar-refractivity contribution in [1.29, 1.82) is 0 Å². The Bertz CT molecular complexity index is 1520. The van der Waals surface area contributed by atoms with E-state index in [1.807, 2.05) is 32.0 Å². The predicted molar refractivity (Wildman–Crippen MR) is 139 cm³/mol. The number of ether oxygens (including phenoxy) is 1. The summed E-state index contributed by atoms with van der Waals surface area (Å²) in [4.78, 5) is 32.7. The van der Waals surface area contributed by atoms with Crippen LogP contribution in [-0.4, -0.2) is 33.5 Å². The first kappa shape index (κ1) is 23.6. The van der Waals surface area contributed by atoms with Crippen LogP contribution < -0.4 is 9.64 Å². The highest BCUT2D eigenvalue weighted by Crippen LogP contribution is 2.45. The number of aliphatic hydroxyl groups is 1. The van der Waals surface area contributed by atoms with Crippen LogP contribution in [0.25, 0.3) is 16.0 Å². The van der Waals surface area contributed by atoms with Gasteiger partial charge in [0.1, 0.15) is 17.3 Å². The van der Waals surface area contributed by atoms with E-state index in [-0.39, 0.29) is 17.1 Å². The van der Waals surface area contributed by atoms with Crippen LogP contribution in [0.5, 0.6) is 11.5 Å². The minimum atomic E-state index is -0.973. The van der Waals surface area contributed by atoms with Gasteiger partial charge in [0.05, 0.1) is 28.4 Å². The van der Waals surface area contributed by atoms with Gasteiger partial charge in [0.2, 0.25) is 0 Å². The number of amides is 1. The number of fused-ring (bicyclic) bond motifs is 1. The number of Topliss-reactive ketones (excluding diaryl/α,β-unsaturated/α-hetero) is 1. The molecular weight excluding hydrogens is 476 g/mol. The Labute approximate surface area is 211 Å². The Morgan fingerprint density at radius 2 is 1.89 bits per heavy atom. The Kier molecular flexibility index (Phi) is 6.20. The number of benzene rings is 3. The van der Waals surface area contributed by atoms with Crippen LogP contribution >= 0.6 is 11.3 Å². The average Bonchev–Trinajstić information content (AvgIpc) is 3.40. The maximum Gasteiger partial charge on any atom is 0.301 e. The lowest BCUT2D eigenvalue weighted by Gasteiger charge is -2.23. The van der Waals surface area contributed by atoms with Crippen LogP contribution in [0, 0.1) is 6.92 Å². The molecule has 7 nitrogen and oxygen atoms in total. The van der Waals surface area contributed by atoms with Crippen molar-refractivity contribution in [3.63, 3.8) is 0 Å². The monoisotopic (exact) mass is 500 g/mol. The summed E-state index contributed by atoms with van der Waals surface area (Å²) in [5, 5.41) is 21.9. The molecule has 2 N–H and O–H groups in total. The number of ketones is 1. The van der Waals surface area contributed by atoms with E-state index in [0.717, 1.165) is 16.7 Å². The Balaban J connectivity index is 1.69. The van der Waals surface area contributed by atoms with Gasteiger partial charge in [-0.3, -0.25) is 14.5 Å². The first-order valence-corrected chi connectivity index (χ1v) is 12.4. The standard InChI is InChI=1S/C28H24N2O5S/c1-3-12-35-20-9-5-7-18(15-20)25(32)23-24(17-6-4-8-19(31)14-17)30(27(34)26(23)33)28-29-21-11-10-16(2)13-22(21)36-28/h4-11,13-15,24,31-32H,3,12H2,1-2H3/b25-23+. The second-order valence-electron chi connectivity index (χ2n) is 8.61. The van der Waals surface area contributed by atoms with E-state index in [1.165, 1.54) is 28.4 Å². The van der Waals surface area contributed by atoms with Gasteiger partial charge in [0, 0.05) is 5.56 Å². The maximum atomic E-state index is 13.4. The van der Waals surface area contributed by atoms with Crippen LogP contribution in [-0.2, 0) is 9.59 Å². The molecule has 8 heteroatoms. The van der Waals surface area contributed by atoms with Gasteiger partial charge in [-0.05, 0) is 60.9 Å². The molecule has 1 fully saturated rings. The highest BCUT2D eigenvalue weighted by atomic mass is 32.1. The van der Waals surface area contributed by atoms with Crippen LogP contribution in [0.4, 0.5) is 5.13 Å². The fourth-order valence-corrected chi connectivity index (χ4v) is 5.36. The van der Waals surface area contributed by atoms with Crippen molar-refractivity contribution in [1.82, 2.24) is 4.98 Å². The number of thiazole rings is 1. The number of hydrogen-bond donors (Lipinski definition) is 2. The summed E-state index contributed by atoms with van der Waals surface area (Å²) in [6, 6.07) is 17.9. The molecule has 0 bridgehead atoms. The van der Waals surface area contributed by atoms with Crippen LogP contribution in [0.3, 0.4) is 0 Å². The van der Waals surface area contributed by atoms with E-state index in [9.17, 15) is 19.8 Å². The Morgan fingerprint density at radius 3 is 2.67 bits per heavy atom. The summed E-state index contributed by atoms with van der Waals surface area (Å²) >= 11 is 1.29. The van der Waals surface area contributed by atoms with Crippen molar-refractivity contribution in [3.05, 3.63) is 89.0 Å². The summed E-state index contributed by atoms with van der Waals surface area (Å²) in [6.45, 7) is 4.47. The van der Waals surface area contributed by atoms with Gasteiger partial charge in [-0.2, -0.15) is 0 Å². The van der Waals surface area contributed by atoms with Gasteiger partial charge in [-0.15, -0.1) is 0 Å². The molecule has 1 aliphatic rings. The smallest absolute Gasteiger partial charge is 0.301 e. The third-order valence-corrected chi connectivity index (χ3v) is 6.97. The molecule has 1 amide bonds. The normalized spacial score (nSPS) is 17.2. The lowest BCUT2D eigenvalue weighted by molar-refractivity contribution is -0.132. The van der Waals surface area contributed by atoms with E-state index in [1.54, 1.807) is 36.4 Å². The highest BCUT2D eigenvalue weighted by molar-refractivity contribution is 7.22. The van der Waals surface area contributed by atoms with Gasteiger partial charge >= 0.3 is 5.91 Å². The number of aryl methyl sites for hydroxylation is 1. The predicted octanol–water partition coefficient (Wildman–Crippen LogP) is 5.73. The molecule has 0 radical (unpaired) electrons. The zero-order chi connectivity index (χ0) is 25.4. The summed E-state index contributed by atoms with van der Waals surface area (Å²) in [5.41, 5.74) is 2.51. The fraction of sp³-hybridized carbons (Fsp3) is 0.179. The van der Waals surface area contributed by atoms with Crippen molar-refractivity contribution >= 4 is 44.1 Å². The van der Waals surface area contributed by atoms with E-state index >= 15 is 0 Å². The number of phenolic OH excluding ortho intramolecular Hbond substituents is 1. The van der Waals surface area contributed by atoms with E-state index in [2.05, 4.69) is 4.98 Å². The van der Waals surface area contributed by atoms with Gasteiger partial charge in [0.25, 0.3) is 5.78 Å². The van der Waals surface area contributed by atoms with Gasteiger partial charge < -0.3 is 14.9 Å². The van der Waals surface area contributed by atoms with E-state index in [0.29, 0.717) is 34.1 Å². The number of carbonyl (C=O) groups excluding carboxylic acids is 2. The van der Waals surface area contributed by atoms with E-state index < -0.39 is 17.7 Å². The van der Waals surface area contributed by atoms with Crippen LogP contribution in [0.1, 0.15) is 36.1 Å². The summed E-state index contributed by atoms with van der Waals surface area (Å²) in [5.74, 6) is -1.41. The molecule has 1 saturated heterocycles. The first-order chi connectivity index (χ1) is 17.4. The minimum Gasteiger partial charge on any atom is -0.508 e.